The van der Waals surface area contributed by atoms with E-state index in [0.717, 1.165) is 24.2 Å². The number of carbonyl (C=O) groups is 1. The molecule has 1 aromatic rings. The molecule has 4 nitrogen and oxygen atoms in total. The Morgan fingerprint density at radius 2 is 2.11 bits per heavy atom. The van der Waals surface area contributed by atoms with E-state index in [0.29, 0.717) is 12.5 Å². The second-order valence-electron chi connectivity index (χ2n) is 5.15. The van der Waals surface area contributed by atoms with Crippen molar-refractivity contribution in [1.29, 1.82) is 5.26 Å². The van der Waals surface area contributed by atoms with E-state index >= 15 is 0 Å². The fourth-order valence-corrected chi connectivity index (χ4v) is 2.38. The molecule has 1 atom stereocenters. The molecule has 4 heteroatoms. The third-order valence-electron chi connectivity index (χ3n) is 3.27. The lowest BCUT2D eigenvalue weighted by molar-refractivity contribution is -0.118. The number of hydrogen-bond acceptors (Lipinski definition) is 3. The maximum Gasteiger partial charge on any atom is 0.244 e. The van der Waals surface area contributed by atoms with Crippen LogP contribution in [0.25, 0.3) is 0 Å². The van der Waals surface area contributed by atoms with Gasteiger partial charge in [-0.25, -0.2) is 0 Å². The summed E-state index contributed by atoms with van der Waals surface area (Å²) in [5.74, 6) is 0.140. The van der Waals surface area contributed by atoms with Crippen LogP contribution in [0.5, 0.6) is 0 Å². The summed E-state index contributed by atoms with van der Waals surface area (Å²) in [6.45, 7) is 4.85. The maximum atomic E-state index is 12.3. The van der Waals surface area contributed by atoms with Crippen molar-refractivity contribution in [3.63, 3.8) is 0 Å². The number of rotatable bonds is 4. The zero-order valence-corrected chi connectivity index (χ0v) is 11.4. The van der Waals surface area contributed by atoms with E-state index in [-0.39, 0.29) is 11.9 Å². The van der Waals surface area contributed by atoms with Gasteiger partial charge in [-0.3, -0.25) is 4.79 Å². The average molecular weight is 257 g/mol. The predicted molar refractivity (Wildman–Crippen MR) is 74.8 cm³/mol. The van der Waals surface area contributed by atoms with Gasteiger partial charge in [-0.05, 0) is 24.1 Å². The third-order valence-corrected chi connectivity index (χ3v) is 3.27. The molecule has 1 heterocycles. The maximum absolute atomic E-state index is 12.3. The first-order valence-corrected chi connectivity index (χ1v) is 6.65. The molecule has 1 aliphatic rings. The van der Waals surface area contributed by atoms with Gasteiger partial charge in [0.15, 0.2) is 0 Å². The molecule has 1 fully saturated rings. The summed E-state index contributed by atoms with van der Waals surface area (Å²) < 4.78 is 0. The van der Waals surface area contributed by atoms with Gasteiger partial charge in [0.2, 0.25) is 5.91 Å². The highest BCUT2D eigenvalue weighted by Crippen LogP contribution is 2.22. The van der Waals surface area contributed by atoms with Crippen molar-refractivity contribution >= 4 is 11.6 Å². The Kier molecular flexibility index (Phi) is 4.18. The van der Waals surface area contributed by atoms with Crippen molar-refractivity contribution in [2.75, 3.05) is 11.4 Å². The van der Waals surface area contributed by atoms with Gasteiger partial charge in [0.1, 0.15) is 0 Å². The predicted octanol–water partition coefficient (Wildman–Crippen LogP) is 1.86. The van der Waals surface area contributed by atoms with Crippen molar-refractivity contribution in [2.45, 2.75) is 38.8 Å². The summed E-state index contributed by atoms with van der Waals surface area (Å²) in [4.78, 5) is 14.1. The van der Waals surface area contributed by atoms with Crippen LogP contribution in [0.4, 0.5) is 5.69 Å². The minimum atomic E-state index is -0.0706. The second-order valence-corrected chi connectivity index (χ2v) is 5.15. The Bertz CT molecular complexity index is 487. The molecule has 2 rings (SSSR count). The minimum absolute atomic E-state index is 0.0706. The van der Waals surface area contributed by atoms with Gasteiger partial charge in [-0.2, -0.15) is 5.26 Å². The molecule has 0 radical (unpaired) electrons. The van der Waals surface area contributed by atoms with Crippen molar-refractivity contribution in [3.8, 4) is 6.07 Å². The normalized spacial score (nSPS) is 18.9. The first-order chi connectivity index (χ1) is 9.11. The molecule has 1 aromatic carbocycles. The molecule has 0 saturated carbocycles. The minimum Gasteiger partial charge on any atom is -0.311 e. The molecular weight excluding hydrogens is 238 g/mol. The van der Waals surface area contributed by atoms with Crippen molar-refractivity contribution in [2.24, 2.45) is 0 Å². The standard InChI is InChI=1S/C15H19N3O/c1-11(2)17-14-8-10-18(15(14)19)13-5-3-12(4-6-13)7-9-16/h3-6,11,14,17H,7-8,10H2,1-2H3. The third kappa shape index (κ3) is 3.12. The van der Waals surface area contributed by atoms with Gasteiger partial charge in [-0.1, -0.05) is 26.0 Å². The van der Waals surface area contributed by atoms with Gasteiger partial charge in [-0.15, -0.1) is 0 Å². The van der Waals surface area contributed by atoms with Crippen LogP contribution in [0.3, 0.4) is 0 Å². The van der Waals surface area contributed by atoms with E-state index in [2.05, 4.69) is 11.4 Å². The van der Waals surface area contributed by atoms with E-state index in [1.807, 2.05) is 43.0 Å². The topological polar surface area (TPSA) is 56.1 Å². The van der Waals surface area contributed by atoms with Crippen LogP contribution in [0, 0.1) is 11.3 Å². The molecule has 0 bridgehead atoms. The SMILES string of the molecule is CC(C)NC1CCN(c2ccc(CC#N)cc2)C1=O. The number of hydrogen-bond donors (Lipinski definition) is 1. The van der Waals surface area contributed by atoms with E-state index in [1.54, 1.807) is 0 Å². The van der Waals surface area contributed by atoms with E-state index < -0.39 is 0 Å². The first kappa shape index (κ1) is 13.6. The molecule has 0 spiro atoms. The summed E-state index contributed by atoms with van der Waals surface area (Å²) >= 11 is 0. The fourth-order valence-electron chi connectivity index (χ4n) is 2.38. The van der Waals surface area contributed by atoms with Gasteiger partial charge < -0.3 is 10.2 Å². The largest absolute Gasteiger partial charge is 0.311 e. The Morgan fingerprint density at radius 1 is 1.42 bits per heavy atom. The van der Waals surface area contributed by atoms with E-state index in [1.165, 1.54) is 0 Å². The number of amides is 1. The average Bonchev–Trinajstić information content (AvgIpc) is 2.72. The number of nitrogens with zero attached hydrogens (tertiary/aromatic N) is 2. The van der Waals surface area contributed by atoms with Gasteiger partial charge in [0, 0.05) is 18.3 Å². The van der Waals surface area contributed by atoms with Gasteiger partial charge in [0.05, 0.1) is 18.5 Å². The van der Waals surface area contributed by atoms with Crippen LogP contribution < -0.4 is 10.2 Å². The number of carbonyl (C=O) groups excluding carboxylic acids is 1. The van der Waals surface area contributed by atoms with Crippen LogP contribution in [0.2, 0.25) is 0 Å². The molecule has 1 saturated heterocycles. The Balaban J connectivity index is 2.07. The van der Waals surface area contributed by atoms with Gasteiger partial charge in [0.25, 0.3) is 0 Å². The van der Waals surface area contributed by atoms with Crippen molar-refractivity contribution in [1.82, 2.24) is 5.32 Å². The summed E-state index contributed by atoms with van der Waals surface area (Å²) in [6, 6.07) is 10.0. The van der Waals surface area contributed by atoms with Crippen molar-refractivity contribution in [3.05, 3.63) is 29.8 Å². The number of nitriles is 1. The Labute approximate surface area is 114 Å². The van der Waals surface area contributed by atoms with Crippen LogP contribution in [0.1, 0.15) is 25.8 Å². The van der Waals surface area contributed by atoms with Crippen LogP contribution in [-0.4, -0.2) is 24.5 Å². The lowest BCUT2D eigenvalue weighted by Crippen LogP contribution is -2.41. The monoisotopic (exact) mass is 257 g/mol. The van der Waals surface area contributed by atoms with Crippen LogP contribution >= 0.6 is 0 Å². The molecule has 1 aliphatic heterocycles. The smallest absolute Gasteiger partial charge is 0.244 e. The number of anilines is 1. The van der Waals surface area contributed by atoms with Crippen LogP contribution in [-0.2, 0) is 11.2 Å². The van der Waals surface area contributed by atoms with E-state index in [9.17, 15) is 4.79 Å². The quantitative estimate of drug-likeness (QED) is 0.895. The lowest BCUT2D eigenvalue weighted by atomic mass is 10.1. The molecule has 0 aliphatic carbocycles. The highest BCUT2D eigenvalue weighted by atomic mass is 16.2. The molecule has 1 amide bonds. The highest BCUT2D eigenvalue weighted by Gasteiger charge is 2.32. The fraction of sp³-hybridized carbons (Fsp3) is 0.467. The Morgan fingerprint density at radius 3 is 2.68 bits per heavy atom. The number of benzene rings is 1. The van der Waals surface area contributed by atoms with Crippen molar-refractivity contribution < 1.29 is 4.79 Å². The second kappa shape index (κ2) is 5.85. The molecule has 100 valence electrons. The summed E-state index contributed by atoms with van der Waals surface area (Å²) in [6.07, 6.45) is 1.25. The highest BCUT2D eigenvalue weighted by molar-refractivity contribution is 5.99. The van der Waals surface area contributed by atoms with E-state index in [4.69, 9.17) is 5.26 Å². The summed E-state index contributed by atoms with van der Waals surface area (Å²) in [7, 11) is 0. The summed E-state index contributed by atoms with van der Waals surface area (Å²) in [5, 5.41) is 11.9. The van der Waals surface area contributed by atoms with Gasteiger partial charge >= 0.3 is 0 Å². The zero-order chi connectivity index (χ0) is 13.8. The Hall–Kier alpha value is -1.86. The number of nitrogens with one attached hydrogen (secondary N) is 1. The molecule has 0 aromatic heterocycles. The van der Waals surface area contributed by atoms with Crippen LogP contribution in [0.15, 0.2) is 24.3 Å². The molecular formula is C15H19N3O. The summed E-state index contributed by atoms with van der Waals surface area (Å²) in [5.41, 5.74) is 1.90. The zero-order valence-electron chi connectivity index (χ0n) is 11.4. The first-order valence-electron chi connectivity index (χ1n) is 6.65. The lowest BCUT2D eigenvalue weighted by Gasteiger charge is -2.18. The molecule has 1 unspecified atom stereocenters. The molecule has 19 heavy (non-hydrogen) atoms. The molecule has 1 N–H and O–H groups in total.